The van der Waals surface area contributed by atoms with Crippen molar-refractivity contribution < 1.29 is 30.0 Å². The van der Waals surface area contributed by atoms with Crippen LogP contribution in [-0.4, -0.2) is 33.7 Å². The van der Waals surface area contributed by atoms with Gasteiger partial charge in [0, 0.05) is 18.0 Å². The maximum Gasteiger partial charge on any atom is 0.446 e. The lowest BCUT2D eigenvalue weighted by Gasteiger charge is -2.25. The van der Waals surface area contributed by atoms with Crippen molar-refractivity contribution >= 4 is 31.8 Å². The number of nitrogens with zero attached hydrogens (tertiary/aromatic N) is 1. The Hall–Kier alpha value is -1.60. The summed E-state index contributed by atoms with van der Waals surface area (Å²) >= 11 is -0.333. The van der Waals surface area contributed by atoms with Crippen molar-refractivity contribution in [2.75, 3.05) is 7.05 Å². The van der Waals surface area contributed by atoms with Crippen LogP contribution in [0.4, 0.5) is 13.2 Å². The van der Waals surface area contributed by atoms with Crippen LogP contribution < -0.4 is 5.14 Å². The van der Waals surface area contributed by atoms with Crippen molar-refractivity contribution in [1.82, 2.24) is 4.31 Å². The number of nitrogens with two attached hydrogens (primary N) is 1. The number of thioether (sulfide) groups is 1. The van der Waals surface area contributed by atoms with E-state index in [9.17, 15) is 30.0 Å². The Kier molecular flexibility index (Phi) is 6.50. The molecule has 2 rings (SSSR count). The van der Waals surface area contributed by atoms with Crippen LogP contribution in [0.1, 0.15) is 18.5 Å². The molecular formula is C16H17F3N2O4S3. The highest BCUT2D eigenvalue weighted by Crippen LogP contribution is 2.37. The minimum Gasteiger partial charge on any atom is -0.225 e. The first kappa shape index (κ1) is 22.7. The number of hydrogen-bond acceptors (Lipinski definition) is 5. The average Bonchev–Trinajstić information content (AvgIpc) is 2.59. The summed E-state index contributed by atoms with van der Waals surface area (Å²) in [7, 11) is -6.53. The molecule has 0 aliphatic carbocycles. The van der Waals surface area contributed by atoms with E-state index in [0.717, 1.165) is 28.6 Å². The molecule has 2 aromatic carbocycles. The first-order valence-corrected chi connectivity index (χ1v) is 11.5. The zero-order chi connectivity index (χ0) is 21.3. The molecule has 1 atom stereocenters. The van der Waals surface area contributed by atoms with Crippen LogP contribution in [-0.2, 0) is 20.0 Å². The average molecular weight is 455 g/mol. The van der Waals surface area contributed by atoms with Gasteiger partial charge in [0.05, 0.1) is 9.79 Å². The van der Waals surface area contributed by atoms with Gasteiger partial charge in [0.2, 0.25) is 20.0 Å². The molecule has 12 heteroatoms. The second kappa shape index (κ2) is 8.03. The molecule has 0 amide bonds. The minimum atomic E-state index is -4.46. The van der Waals surface area contributed by atoms with Crippen LogP contribution in [0.25, 0.3) is 0 Å². The van der Waals surface area contributed by atoms with Crippen molar-refractivity contribution in [2.24, 2.45) is 5.14 Å². The van der Waals surface area contributed by atoms with Gasteiger partial charge in [0.15, 0.2) is 0 Å². The highest BCUT2D eigenvalue weighted by atomic mass is 32.2. The molecule has 154 valence electrons. The molecule has 0 saturated heterocycles. The fourth-order valence-electron chi connectivity index (χ4n) is 2.33. The molecule has 6 nitrogen and oxygen atoms in total. The third-order valence-electron chi connectivity index (χ3n) is 3.97. The second-order valence-corrected chi connectivity index (χ2v) is 10.5. The fraction of sp³-hybridized carbons (Fsp3) is 0.250. The van der Waals surface area contributed by atoms with Gasteiger partial charge in [-0.3, -0.25) is 0 Å². The number of hydrogen-bond donors (Lipinski definition) is 1. The molecule has 0 heterocycles. The highest BCUT2D eigenvalue weighted by molar-refractivity contribution is 8.00. The summed E-state index contributed by atoms with van der Waals surface area (Å²) in [5.74, 6) is 0. The van der Waals surface area contributed by atoms with Gasteiger partial charge in [-0.15, -0.1) is 0 Å². The molecule has 0 aromatic heterocycles. The molecule has 0 fully saturated rings. The predicted octanol–water partition coefficient (Wildman–Crippen LogP) is 3.33. The maximum atomic E-state index is 12.8. The van der Waals surface area contributed by atoms with Crippen molar-refractivity contribution in [2.45, 2.75) is 33.2 Å². The van der Waals surface area contributed by atoms with Crippen molar-refractivity contribution in [3.8, 4) is 0 Å². The molecule has 1 unspecified atom stereocenters. The Balaban J connectivity index is 2.25. The smallest absolute Gasteiger partial charge is 0.225 e. The van der Waals surface area contributed by atoms with Crippen molar-refractivity contribution in [3.63, 3.8) is 0 Å². The number of halogens is 3. The molecule has 0 saturated carbocycles. The molecule has 0 aliphatic rings. The van der Waals surface area contributed by atoms with Crippen LogP contribution in [0, 0.1) is 0 Å². The first-order chi connectivity index (χ1) is 12.7. The summed E-state index contributed by atoms with van der Waals surface area (Å²) < 4.78 is 86.3. The van der Waals surface area contributed by atoms with Gasteiger partial charge in [0.25, 0.3) is 0 Å². The van der Waals surface area contributed by atoms with Crippen LogP contribution in [0.2, 0.25) is 0 Å². The van der Waals surface area contributed by atoms with Gasteiger partial charge in [-0.25, -0.2) is 22.0 Å². The molecule has 28 heavy (non-hydrogen) atoms. The van der Waals surface area contributed by atoms with E-state index in [1.807, 2.05) is 0 Å². The first-order valence-electron chi connectivity index (χ1n) is 7.68. The van der Waals surface area contributed by atoms with Gasteiger partial charge >= 0.3 is 5.51 Å². The van der Waals surface area contributed by atoms with Crippen molar-refractivity contribution in [3.05, 3.63) is 54.1 Å². The summed E-state index contributed by atoms with van der Waals surface area (Å²) in [6.07, 6.45) is 0. The normalized spacial score (nSPS) is 14.2. The topological polar surface area (TPSA) is 97.5 Å². The molecule has 2 N–H and O–H groups in total. The summed E-state index contributed by atoms with van der Waals surface area (Å²) in [5, 5.41) is 5.03. The number of primary sulfonamides is 1. The lowest BCUT2D eigenvalue weighted by Crippen LogP contribution is -2.29. The molecule has 0 spiro atoms. The van der Waals surface area contributed by atoms with E-state index in [-0.39, 0.29) is 26.4 Å². The van der Waals surface area contributed by atoms with E-state index in [1.54, 1.807) is 6.92 Å². The molecular weight excluding hydrogens is 437 g/mol. The third kappa shape index (κ3) is 5.47. The quantitative estimate of drug-likeness (QED) is 0.676. The summed E-state index contributed by atoms with van der Waals surface area (Å²) in [6.45, 7) is 1.59. The number of benzene rings is 2. The van der Waals surface area contributed by atoms with Gasteiger partial charge in [-0.2, -0.15) is 17.5 Å². The Bertz CT molecular complexity index is 1040. The lowest BCUT2D eigenvalue weighted by atomic mass is 10.1. The second-order valence-electron chi connectivity index (χ2n) is 5.83. The van der Waals surface area contributed by atoms with E-state index < -0.39 is 31.6 Å². The Morgan fingerprint density at radius 1 is 0.929 bits per heavy atom. The number of rotatable bonds is 6. The van der Waals surface area contributed by atoms with E-state index >= 15 is 0 Å². The summed E-state index contributed by atoms with van der Waals surface area (Å²) in [6, 6.07) is 9.15. The monoisotopic (exact) mass is 454 g/mol. The lowest BCUT2D eigenvalue weighted by molar-refractivity contribution is -0.0328. The standard InChI is InChI=1S/C16H17F3N2O4S3/c1-11(12-3-7-14(8-4-12)27(20,22)23)21(2)28(24,25)15-9-5-13(6-10-15)26-16(17,18)19/h3-11H,1-2H3,(H2,20,22,23). The Morgan fingerprint density at radius 2 is 1.39 bits per heavy atom. The minimum absolute atomic E-state index is 0.105. The molecule has 0 aliphatic heterocycles. The van der Waals surface area contributed by atoms with E-state index in [0.29, 0.717) is 5.56 Å². The van der Waals surface area contributed by atoms with E-state index in [4.69, 9.17) is 5.14 Å². The van der Waals surface area contributed by atoms with Gasteiger partial charge in [-0.05, 0) is 60.6 Å². The SMILES string of the molecule is CC(c1ccc(S(N)(=O)=O)cc1)N(C)S(=O)(=O)c1ccc(SC(F)(F)F)cc1. The van der Waals surface area contributed by atoms with Crippen LogP contribution >= 0.6 is 11.8 Å². The van der Waals surface area contributed by atoms with Crippen molar-refractivity contribution in [1.29, 1.82) is 0 Å². The number of sulfonamides is 2. The predicted molar refractivity (Wildman–Crippen MR) is 99.5 cm³/mol. The zero-order valence-corrected chi connectivity index (χ0v) is 17.2. The maximum absolute atomic E-state index is 12.8. The summed E-state index contributed by atoms with van der Waals surface area (Å²) in [4.78, 5) is -0.387. The van der Waals surface area contributed by atoms with Crippen LogP contribution in [0.15, 0.2) is 63.2 Å². The number of alkyl halides is 3. The van der Waals surface area contributed by atoms with Gasteiger partial charge in [-0.1, -0.05) is 12.1 Å². The summed E-state index contributed by atoms with van der Waals surface area (Å²) in [5.41, 5.74) is -3.95. The highest BCUT2D eigenvalue weighted by Gasteiger charge is 2.30. The van der Waals surface area contributed by atoms with Crippen LogP contribution in [0.3, 0.4) is 0 Å². The van der Waals surface area contributed by atoms with E-state index in [2.05, 4.69) is 0 Å². The Morgan fingerprint density at radius 3 is 1.82 bits per heavy atom. The van der Waals surface area contributed by atoms with Gasteiger partial charge < -0.3 is 0 Å². The molecule has 2 aromatic rings. The fourth-order valence-corrected chi connectivity index (χ4v) is 4.74. The largest absolute Gasteiger partial charge is 0.446 e. The zero-order valence-electron chi connectivity index (χ0n) is 14.7. The molecule has 0 radical (unpaired) electrons. The Labute approximate surface area is 165 Å². The third-order valence-corrected chi connectivity index (χ3v) is 7.58. The van der Waals surface area contributed by atoms with E-state index in [1.165, 1.54) is 31.3 Å². The van der Waals surface area contributed by atoms with Gasteiger partial charge in [0.1, 0.15) is 0 Å². The van der Waals surface area contributed by atoms with Crippen LogP contribution in [0.5, 0.6) is 0 Å². The molecule has 0 bridgehead atoms.